The fourth-order valence-electron chi connectivity index (χ4n) is 1.95. The average molecular weight is 247 g/mol. The summed E-state index contributed by atoms with van der Waals surface area (Å²) in [6.45, 7) is 6.23. The van der Waals surface area contributed by atoms with Crippen molar-refractivity contribution in [2.24, 2.45) is 0 Å². The molecular weight excluding hydrogens is 230 g/mol. The molecule has 3 heteroatoms. The molecule has 2 aromatic rings. The molecule has 2 rings (SSSR count). The van der Waals surface area contributed by atoms with Gasteiger partial charge in [0.25, 0.3) is 0 Å². The zero-order valence-corrected chi connectivity index (χ0v) is 11.2. The van der Waals surface area contributed by atoms with Crippen molar-refractivity contribution in [1.29, 1.82) is 0 Å². The quantitative estimate of drug-likeness (QED) is 0.898. The number of nitrogens with zero attached hydrogens (tertiary/aromatic N) is 1. The first-order valence-electron chi connectivity index (χ1n) is 5.79. The highest BCUT2D eigenvalue weighted by Crippen LogP contribution is 2.31. The Morgan fingerprint density at radius 3 is 2.35 bits per heavy atom. The normalized spacial score (nSPS) is 13.0. The van der Waals surface area contributed by atoms with Crippen molar-refractivity contribution in [2.75, 3.05) is 0 Å². The second-order valence-electron chi connectivity index (χ2n) is 4.56. The predicted octanol–water partition coefficient (Wildman–Crippen LogP) is 3.66. The molecule has 1 N–H and O–H groups in total. The summed E-state index contributed by atoms with van der Waals surface area (Å²) < 4.78 is 4.22. The number of hydrogen-bond donors (Lipinski definition) is 1. The molecule has 0 saturated heterocycles. The van der Waals surface area contributed by atoms with Gasteiger partial charge >= 0.3 is 0 Å². The SMILES string of the molecule is Cc1cc([C@H](O)c2ccccc2C(C)C)sn1. The fraction of sp³-hybridized carbons (Fsp3) is 0.357. The zero-order chi connectivity index (χ0) is 12.4. The number of hydrogen-bond acceptors (Lipinski definition) is 3. The van der Waals surface area contributed by atoms with Crippen molar-refractivity contribution in [3.05, 3.63) is 52.0 Å². The summed E-state index contributed by atoms with van der Waals surface area (Å²) in [7, 11) is 0. The van der Waals surface area contributed by atoms with Crippen LogP contribution < -0.4 is 0 Å². The third-order valence-electron chi connectivity index (χ3n) is 2.83. The van der Waals surface area contributed by atoms with E-state index in [1.165, 1.54) is 17.1 Å². The summed E-state index contributed by atoms with van der Waals surface area (Å²) in [6.07, 6.45) is -0.556. The monoisotopic (exact) mass is 247 g/mol. The van der Waals surface area contributed by atoms with E-state index in [4.69, 9.17) is 0 Å². The number of aromatic nitrogens is 1. The minimum atomic E-state index is -0.556. The Morgan fingerprint density at radius 2 is 1.82 bits per heavy atom. The first-order chi connectivity index (χ1) is 8.09. The van der Waals surface area contributed by atoms with Gasteiger partial charge in [-0.3, -0.25) is 0 Å². The average Bonchev–Trinajstić information content (AvgIpc) is 2.75. The van der Waals surface area contributed by atoms with Crippen molar-refractivity contribution >= 4 is 11.5 Å². The third kappa shape index (κ3) is 2.56. The maximum Gasteiger partial charge on any atom is 0.115 e. The first-order valence-corrected chi connectivity index (χ1v) is 6.57. The van der Waals surface area contributed by atoms with Crippen LogP contribution in [-0.4, -0.2) is 9.48 Å². The summed E-state index contributed by atoms with van der Waals surface area (Å²) in [5, 5.41) is 10.4. The summed E-state index contributed by atoms with van der Waals surface area (Å²) in [5.41, 5.74) is 3.16. The molecule has 0 bridgehead atoms. The van der Waals surface area contributed by atoms with Gasteiger partial charge in [0.2, 0.25) is 0 Å². The standard InChI is InChI=1S/C14H17NOS/c1-9(2)11-6-4-5-7-12(11)14(16)13-8-10(3)15-17-13/h4-9,14,16H,1-3H3/t14-/m1/s1. The van der Waals surface area contributed by atoms with Crippen molar-refractivity contribution in [2.45, 2.75) is 32.8 Å². The minimum absolute atomic E-state index is 0.412. The maximum absolute atomic E-state index is 10.4. The van der Waals surface area contributed by atoms with Crippen LogP contribution in [0, 0.1) is 6.92 Å². The Bertz CT molecular complexity index is 504. The van der Waals surface area contributed by atoms with Gasteiger partial charge in [-0.15, -0.1) is 0 Å². The summed E-state index contributed by atoms with van der Waals surface area (Å²) in [5.74, 6) is 0.412. The molecule has 2 nitrogen and oxygen atoms in total. The Morgan fingerprint density at radius 1 is 1.18 bits per heavy atom. The Labute approximate surface area is 106 Å². The van der Waals surface area contributed by atoms with Crippen LogP contribution in [0.2, 0.25) is 0 Å². The van der Waals surface area contributed by atoms with E-state index in [1.807, 2.05) is 31.2 Å². The predicted molar refractivity (Wildman–Crippen MR) is 71.4 cm³/mol. The van der Waals surface area contributed by atoms with Gasteiger partial charge in [-0.2, -0.15) is 4.37 Å². The van der Waals surface area contributed by atoms with Crippen molar-refractivity contribution in [3.63, 3.8) is 0 Å². The second-order valence-corrected chi connectivity index (χ2v) is 5.39. The lowest BCUT2D eigenvalue weighted by atomic mass is 9.93. The molecule has 1 atom stereocenters. The summed E-state index contributed by atoms with van der Waals surface area (Å²) >= 11 is 1.37. The lowest BCUT2D eigenvalue weighted by molar-refractivity contribution is 0.222. The number of aliphatic hydroxyl groups excluding tert-OH is 1. The Kier molecular flexibility index (Phi) is 3.60. The van der Waals surface area contributed by atoms with Crippen molar-refractivity contribution < 1.29 is 5.11 Å². The van der Waals surface area contributed by atoms with Crippen molar-refractivity contribution in [3.8, 4) is 0 Å². The van der Waals surface area contributed by atoms with Gasteiger partial charge in [-0.25, -0.2) is 0 Å². The zero-order valence-electron chi connectivity index (χ0n) is 10.3. The minimum Gasteiger partial charge on any atom is -0.383 e. The molecule has 0 spiro atoms. The van der Waals surface area contributed by atoms with Crippen LogP contribution in [0.3, 0.4) is 0 Å². The number of benzene rings is 1. The lowest BCUT2D eigenvalue weighted by Crippen LogP contribution is -2.03. The topological polar surface area (TPSA) is 33.1 Å². The van der Waals surface area contributed by atoms with Crippen LogP contribution in [0.1, 0.15) is 47.6 Å². The van der Waals surface area contributed by atoms with E-state index in [9.17, 15) is 5.11 Å². The molecule has 90 valence electrons. The fourth-order valence-corrected chi connectivity index (χ4v) is 2.70. The summed E-state index contributed by atoms with van der Waals surface area (Å²) in [4.78, 5) is 0.913. The molecule has 0 unspecified atom stereocenters. The van der Waals surface area contributed by atoms with Crippen LogP contribution >= 0.6 is 11.5 Å². The number of aryl methyl sites for hydroxylation is 1. The van der Waals surface area contributed by atoms with Crippen LogP contribution in [0.15, 0.2) is 30.3 Å². The number of rotatable bonds is 3. The molecule has 1 heterocycles. The van der Waals surface area contributed by atoms with Gasteiger partial charge in [0.1, 0.15) is 6.10 Å². The van der Waals surface area contributed by atoms with E-state index in [-0.39, 0.29) is 0 Å². The molecule has 1 aromatic heterocycles. The van der Waals surface area contributed by atoms with Crippen molar-refractivity contribution in [1.82, 2.24) is 4.37 Å². The molecule has 0 aliphatic rings. The highest BCUT2D eigenvalue weighted by Gasteiger charge is 2.17. The van der Waals surface area contributed by atoms with E-state index in [0.29, 0.717) is 5.92 Å². The molecule has 17 heavy (non-hydrogen) atoms. The lowest BCUT2D eigenvalue weighted by Gasteiger charge is -2.16. The number of aliphatic hydroxyl groups is 1. The third-order valence-corrected chi connectivity index (χ3v) is 3.76. The van der Waals surface area contributed by atoms with Gasteiger partial charge in [0.15, 0.2) is 0 Å². The molecule has 0 fully saturated rings. The van der Waals surface area contributed by atoms with Gasteiger partial charge in [-0.1, -0.05) is 38.1 Å². The Balaban J connectivity index is 2.40. The highest BCUT2D eigenvalue weighted by molar-refractivity contribution is 7.05. The van der Waals surface area contributed by atoms with Crippen LogP contribution in [0.5, 0.6) is 0 Å². The maximum atomic E-state index is 10.4. The van der Waals surface area contributed by atoms with E-state index in [2.05, 4.69) is 24.3 Å². The Hall–Kier alpha value is -1.19. The summed E-state index contributed by atoms with van der Waals surface area (Å²) in [6, 6.07) is 10.0. The van der Waals surface area contributed by atoms with Crippen LogP contribution in [0.25, 0.3) is 0 Å². The van der Waals surface area contributed by atoms with Crippen LogP contribution in [-0.2, 0) is 0 Å². The van der Waals surface area contributed by atoms with E-state index in [0.717, 1.165) is 16.1 Å². The van der Waals surface area contributed by atoms with Gasteiger partial charge in [0.05, 0.1) is 10.6 Å². The smallest absolute Gasteiger partial charge is 0.115 e. The van der Waals surface area contributed by atoms with Gasteiger partial charge < -0.3 is 5.11 Å². The molecular formula is C14H17NOS. The van der Waals surface area contributed by atoms with Gasteiger partial charge in [-0.05, 0) is 41.6 Å². The molecule has 0 radical (unpaired) electrons. The largest absolute Gasteiger partial charge is 0.383 e. The van der Waals surface area contributed by atoms with Gasteiger partial charge in [0, 0.05) is 0 Å². The molecule has 1 aromatic carbocycles. The van der Waals surface area contributed by atoms with E-state index < -0.39 is 6.10 Å². The van der Waals surface area contributed by atoms with Crippen LogP contribution in [0.4, 0.5) is 0 Å². The molecule has 0 aliphatic carbocycles. The molecule has 0 saturated carbocycles. The van der Waals surface area contributed by atoms with E-state index >= 15 is 0 Å². The second kappa shape index (κ2) is 4.98. The molecule has 0 aliphatic heterocycles. The van der Waals surface area contributed by atoms with E-state index in [1.54, 1.807) is 0 Å². The highest BCUT2D eigenvalue weighted by atomic mass is 32.1. The molecule has 0 amide bonds. The first kappa shape index (κ1) is 12.3.